The minimum atomic E-state index is -0.181. The third-order valence-corrected chi connectivity index (χ3v) is 4.13. The minimum Gasteiger partial charge on any atom is -0.497 e. The number of benzene rings is 1. The molecule has 2 N–H and O–H groups in total. The molecule has 1 atom stereocenters. The molecule has 1 aromatic heterocycles. The molecule has 1 aromatic carbocycles. The number of ether oxygens (including phenoxy) is 2. The molecule has 1 unspecified atom stereocenters. The van der Waals surface area contributed by atoms with Crippen LogP contribution >= 0.6 is 11.6 Å². The first-order valence-electron chi connectivity index (χ1n) is 7.76. The van der Waals surface area contributed by atoms with Gasteiger partial charge in [-0.15, -0.1) is 0 Å². The highest BCUT2D eigenvalue weighted by Crippen LogP contribution is 2.25. The van der Waals surface area contributed by atoms with E-state index in [1.165, 1.54) is 0 Å². The molecule has 2 aromatic rings. The highest BCUT2D eigenvalue weighted by atomic mass is 35.5. The molecule has 130 valence electrons. The number of methoxy groups -OCH3 is 2. The molecular weight excluding hydrogens is 340 g/mol. The Morgan fingerprint density at radius 3 is 2.88 bits per heavy atom. The van der Waals surface area contributed by atoms with Crippen molar-refractivity contribution >= 4 is 23.6 Å². The number of nitrogens with zero attached hydrogens (tertiary/aromatic N) is 2. The third-order valence-electron chi connectivity index (χ3n) is 3.82. The molecule has 6 nitrogen and oxygen atoms in total. The van der Waals surface area contributed by atoms with Crippen LogP contribution in [0.5, 0.6) is 11.5 Å². The maximum Gasteiger partial charge on any atom is 0.138 e. The molecule has 25 heavy (non-hydrogen) atoms. The van der Waals surface area contributed by atoms with Crippen LogP contribution in [0.15, 0.2) is 47.6 Å². The Bertz CT molecular complexity index is 807. The molecule has 0 saturated heterocycles. The van der Waals surface area contributed by atoms with Gasteiger partial charge in [0, 0.05) is 35.6 Å². The van der Waals surface area contributed by atoms with E-state index in [2.05, 4.69) is 20.6 Å². The summed E-state index contributed by atoms with van der Waals surface area (Å²) in [7, 11) is 3.27. The average molecular weight is 359 g/mol. The summed E-state index contributed by atoms with van der Waals surface area (Å²) in [5.41, 5.74) is 2.72. The smallest absolute Gasteiger partial charge is 0.138 e. The van der Waals surface area contributed by atoms with Crippen molar-refractivity contribution in [1.82, 2.24) is 15.6 Å². The van der Waals surface area contributed by atoms with Gasteiger partial charge in [-0.1, -0.05) is 17.7 Å². The van der Waals surface area contributed by atoms with Crippen LogP contribution in [-0.4, -0.2) is 31.7 Å². The van der Waals surface area contributed by atoms with E-state index in [4.69, 9.17) is 21.1 Å². The topological polar surface area (TPSA) is 67.8 Å². The van der Waals surface area contributed by atoms with Crippen LogP contribution in [0, 0.1) is 0 Å². The molecule has 1 aliphatic heterocycles. The Labute approximate surface area is 151 Å². The number of hydrogen-bond donors (Lipinski definition) is 2. The van der Waals surface area contributed by atoms with Crippen molar-refractivity contribution in [2.75, 3.05) is 14.2 Å². The Morgan fingerprint density at radius 1 is 1.24 bits per heavy atom. The van der Waals surface area contributed by atoms with Gasteiger partial charge in [-0.25, -0.2) is 4.98 Å². The zero-order valence-corrected chi connectivity index (χ0v) is 14.7. The lowest BCUT2D eigenvalue weighted by atomic mass is 10.1. The predicted molar refractivity (Wildman–Crippen MR) is 99.0 cm³/mol. The van der Waals surface area contributed by atoms with Gasteiger partial charge < -0.3 is 14.8 Å². The van der Waals surface area contributed by atoms with Gasteiger partial charge in [0.1, 0.15) is 22.8 Å². The molecule has 7 heteroatoms. The van der Waals surface area contributed by atoms with Crippen molar-refractivity contribution < 1.29 is 9.47 Å². The first-order chi connectivity index (χ1) is 12.2. The molecular formula is C18H19ClN4O2. The second kappa shape index (κ2) is 8.00. The summed E-state index contributed by atoms with van der Waals surface area (Å²) in [6.07, 6.45) is 5.11. The van der Waals surface area contributed by atoms with Crippen molar-refractivity contribution in [2.24, 2.45) is 4.99 Å². The number of nitrogens with one attached hydrogen (secondary N) is 2. The highest BCUT2D eigenvalue weighted by molar-refractivity contribution is 6.31. The van der Waals surface area contributed by atoms with Crippen LogP contribution in [0.1, 0.15) is 11.1 Å². The molecule has 0 bridgehead atoms. The molecule has 0 spiro atoms. The van der Waals surface area contributed by atoms with Gasteiger partial charge in [0.15, 0.2) is 0 Å². The van der Waals surface area contributed by atoms with Gasteiger partial charge >= 0.3 is 0 Å². The van der Waals surface area contributed by atoms with E-state index in [9.17, 15) is 0 Å². The Hall–Kier alpha value is -2.57. The third kappa shape index (κ3) is 4.10. The summed E-state index contributed by atoms with van der Waals surface area (Å²) in [6, 6.07) is 9.50. The second-order valence-electron chi connectivity index (χ2n) is 5.35. The van der Waals surface area contributed by atoms with Gasteiger partial charge in [-0.05, 0) is 24.3 Å². The highest BCUT2D eigenvalue weighted by Gasteiger charge is 2.14. The van der Waals surface area contributed by atoms with Crippen molar-refractivity contribution in [1.29, 1.82) is 0 Å². The van der Waals surface area contributed by atoms with Crippen molar-refractivity contribution in [3.05, 3.63) is 58.9 Å². The molecule has 0 fully saturated rings. The quantitative estimate of drug-likeness (QED) is 0.777. The lowest BCUT2D eigenvalue weighted by molar-refractivity contribution is 0.389. The first-order valence-corrected chi connectivity index (χ1v) is 8.14. The van der Waals surface area contributed by atoms with Crippen LogP contribution < -0.4 is 20.1 Å². The number of halogens is 1. The lowest BCUT2D eigenvalue weighted by Gasteiger charge is -2.19. The SMILES string of the molecule is COc1ccc(CNC2C=C(c3cccnc3Cl)NC=N2)c(OC)c1. The number of aliphatic imine (C=N–C) groups is 1. The number of hydrogen-bond acceptors (Lipinski definition) is 6. The second-order valence-corrected chi connectivity index (χ2v) is 5.71. The Morgan fingerprint density at radius 2 is 2.12 bits per heavy atom. The maximum absolute atomic E-state index is 6.16. The van der Waals surface area contributed by atoms with Crippen molar-refractivity contribution in [3.63, 3.8) is 0 Å². The summed E-state index contributed by atoms with van der Waals surface area (Å²) in [5, 5.41) is 6.93. The van der Waals surface area contributed by atoms with Crippen LogP contribution in [-0.2, 0) is 6.54 Å². The van der Waals surface area contributed by atoms with E-state index in [1.807, 2.05) is 36.4 Å². The molecule has 0 amide bonds. The summed E-state index contributed by atoms with van der Waals surface area (Å²) in [4.78, 5) is 8.49. The van der Waals surface area contributed by atoms with Gasteiger partial charge in [0.2, 0.25) is 0 Å². The maximum atomic E-state index is 6.16. The van der Waals surface area contributed by atoms with Gasteiger partial charge in [0.05, 0.1) is 20.6 Å². The van der Waals surface area contributed by atoms with Crippen LogP contribution in [0.3, 0.4) is 0 Å². The van der Waals surface area contributed by atoms with E-state index in [-0.39, 0.29) is 6.17 Å². The number of pyridine rings is 1. The fourth-order valence-electron chi connectivity index (χ4n) is 2.51. The largest absolute Gasteiger partial charge is 0.497 e. The summed E-state index contributed by atoms with van der Waals surface area (Å²) >= 11 is 6.16. The monoisotopic (exact) mass is 358 g/mol. The zero-order valence-electron chi connectivity index (χ0n) is 14.0. The number of rotatable bonds is 6. The van der Waals surface area contributed by atoms with Crippen LogP contribution in [0.4, 0.5) is 0 Å². The van der Waals surface area contributed by atoms with Crippen molar-refractivity contribution in [3.8, 4) is 11.5 Å². The van der Waals surface area contributed by atoms with E-state index in [0.29, 0.717) is 11.7 Å². The first kappa shape index (κ1) is 17.3. The normalized spacial score (nSPS) is 16.1. The predicted octanol–water partition coefficient (Wildman–Crippen LogP) is 2.84. The molecule has 3 rings (SSSR count). The Balaban J connectivity index is 1.72. The zero-order chi connectivity index (χ0) is 17.6. The average Bonchev–Trinajstić information content (AvgIpc) is 2.66. The van der Waals surface area contributed by atoms with Gasteiger partial charge in [-0.2, -0.15) is 0 Å². The molecule has 2 heterocycles. The van der Waals surface area contributed by atoms with E-state index in [0.717, 1.165) is 28.3 Å². The van der Waals surface area contributed by atoms with Gasteiger partial charge in [-0.3, -0.25) is 10.3 Å². The summed E-state index contributed by atoms with van der Waals surface area (Å²) in [5.74, 6) is 1.53. The van der Waals surface area contributed by atoms with Crippen LogP contribution in [0.2, 0.25) is 5.15 Å². The minimum absolute atomic E-state index is 0.181. The van der Waals surface area contributed by atoms with Crippen LogP contribution in [0.25, 0.3) is 5.70 Å². The Kier molecular flexibility index (Phi) is 5.53. The summed E-state index contributed by atoms with van der Waals surface area (Å²) in [6.45, 7) is 0.597. The molecule has 1 aliphatic rings. The fourth-order valence-corrected chi connectivity index (χ4v) is 2.74. The van der Waals surface area contributed by atoms with Gasteiger partial charge in [0.25, 0.3) is 0 Å². The molecule has 0 saturated carbocycles. The van der Waals surface area contributed by atoms with E-state index >= 15 is 0 Å². The van der Waals surface area contributed by atoms with Crippen molar-refractivity contribution in [2.45, 2.75) is 12.7 Å². The fraction of sp³-hybridized carbons (Fsp3) is 0.222. The summed E-state index contributed by atoms with van der Waals surface area (Å²) < 4.78 is 10.6. The number of aromatic nitrogens is 1. The lowest BCUT2D eigenvalue weighted by Crippen LogP contribution is -2.30. The van der Waals surface area contributed by atoms with E-state index in [1.54, 1.807) is 26.8 Å². The molecule has 0 radical (unpaired) electrons. The molecule has 0 aliphatic carbocycles. The standard InChI is InChI=1S/C18H19ClN4O2/c1-24-13-6-5-12(16(8-13)25-2)10-21-17-9-15(22-11-23-17)14-4-3-7-20-18(14)19/h3-9,11,17,21H,10H2,1-2H3,(H,22,23). The van der Waals surface area contributed by atoms with E-state index < -0.39 is 0 Å².